The highest BCUT2D eigenvalue weighted by molar-refractivity contribution is 5.08. The number of ether oxygens (including phenoxy) is 1. The number of hydrogen-bond acceptors (Lipinski definition) is 2. The SMILES string of the molecule is CCNC1CC(OC2CCCC(C)C2)C12CCCCCC2. The van der Waals surface area contributed by atoms with Crippen LogP contribution in [0.1, 0.15) is 84.5 Å². The summed E-state index contributed by atoms with van der Waals surface area (Å²) in [6.07, 6.45) is 16.3. The molecule has 0 bridgehead atoms. The molecule has 122 valence electrons. The first-order chi connectivity index (χ1) is 10.2. The number of rotatable bonds is 4. The van der Waals surface area contributed by atoms with Gasteiger partial charge in [0.25, 0.3) is 0 Å². The molecular weight excluding hydrogens is 258 g/mol. The maximum atomic E-state index is 6.68. The molecule has 3 rings (SSSR count). The molecule has 3 fully saturated rings. The molecule has 2 heteroatoms. The average molecular weight is 293 g/mol. The lowest BCUT2D eigenvalue weighted by Crippen LogP contribution is -2.64. The van der Waals surface area contributed by atoms with Crippen LogP contribution in [0.4, 0.5) is 0 Å². The fraction of sp³-hybridized carbons (Fsp3) is 1.00. The van der Waals surface area contributed by atoms with Gasteiger partial charge in [-0.05, 0) is 44.6 Å². The first kappa shape index (κ1) is 15.8. The topological polar surface area (TPSA) is 21.3 Å². The van der Waals surface area contributed by atoms with Crippen molar-refractivity contribution in [3.63, 3.8) is 0 Å². The molecule has 0 radical (unpaired) electrons. The Hall–Kier alpha value is -0.0800. The van der Waals surface area contributed by atoms with Gasteiger partial charge in [0.15, 0.2) is 0 Å². The summed E-state index contributed by atoms with van der Waals surface area (Å²) in [5.41, 5.74) is 0.479. The van der Waals surface area contributed by atoms with Crippen molar-refractivity contribution in [2.45, 2.75) is 103 Å². The van der Waals surface area contributed by atoms with Crippen LogP contribution in [0.2, 0.25) is 0 Å². The molecule has 3 aliphatic rings. The molecule has 4 unspecified atom stereocenters. The van der Waals surface area contributed by atoms with Crippen LogP contribution in [0, 0.1) is 11.3 Å². The zero-order valence-corrected chi connectivity index (χ0v) is 14.2. The fourth-order valence-corrected chi connectivity index (χ4v) is 5.26. The molecule has 4 atom stereocenters. The van der Waals surface area contributed by atoms with E-state index in [1.54, 1.807) is 0 Å². The van der Waals surface area contributed by atoms with Gasteiger partial charge in [0, 0.05) is 11.5 Å². The van der Waals surface area contributed by atoms with Gasteiger partial charge < -0.3 is 10.1 Å². The van der Waals surface area contributed by atoms with Crippen LogP contribution in [0.25, 0.3) is 0 Å². The third kappa shape index (κ3) is 3.32. The Morgan fingerprint density at radius 3 is 2.43 bits per heavy atom. The molecule has 1 N–H and O–H groups in total. The minimum atomic E-state index is 0.479. The van der Waals surface area contributed by atoms with Crippen LogP contribution in [-0.4, -0.2) is 24.8 Å². The second kappa shape index (κ2) is 7.00. The molecular formula is C19H35NO. The lowest BCUT2D eigenvalue weighted by Gasteiger charge is -2.57. The zero-order chi connectivity index (χ0) is 14.7. The van der Waals surface area contributed by atoms with Crippen LogP contribution in [0.3, 0.4) is 0 Å². The Labute approximate surface area is 131 Å². The van der Waals surface area contributed by atoms with Crippen molar-refractivity contribution >= 4 is 0 Å². The fourth-order valence-electron chi connectivity index (χ4n) is 5.26. The van der Waals surface area contributed by atoms with Crippen molar-refractivity contribution in [2.24, 2.45) is 11.3 Å². The van der Waals surface area contributed by atoms with Crippen molar-refractivity contribution in [2.75, 3.05) is 6.54 Å². The highest BCUT2D eigenvalue weighted by Crippen LogP contribution is 2.53. The van der Waals surface area contributed by atoms with E-state index in [0.717, 1.165) is 18.5 Å². The Balaban J connectivity index is 1.63. The third-order valence-electron chi connectivity index (χ3n) is 6.51. The predicted molar refractivity (Wildman–Crippen MR) is 88.5 cm³/mol. The molecule has 2 nitrogen and oxygen atoms in total. The first-order valence-corrected chi connectivity index (χ1v) is 9.63. The van der Waals surface area contributed by atoms with Crippen LogP contribution >= 0.6 is 0 Å². The number of hydrogen-bond donors (Lipinski definition) is 1. The zero-order valence-electron chi connectivity index (χ0n) is 14.2. The monoisotopic (exact) mass is 293 g/mol. The van der Waals surface area contributed by atoms with E-state index < -0.39 is 0 Å². The summed E-state index contributed by atoms with van der Waals surface area (Å²) < 4.78 is 6.68. The molecule has 0 amide bonds. The van der Waals surface area contributed by atoms with Crippen LogP contribution < -0.4 is 5.32 Å². The van der Waals surface area contributed by atoms with Gasteiger partial charge in [0.05, 0.1) is 12.2 Å². The lowest BCUT2D eigenvalue weighted by atomic mass is 9.57. The van der Waals surface area contributed by atoms with Gasteiger partial charge >= 0.3 is 0 Å². The lowest BCUT2D eigenvalue weighted by molar-refractivity contribution is -0.177. The minimum Gasteiger partial charge on any atom is -0.374 e. The van der Waals surface area contributed by atoms with Crippen LogP contribution in [0.15, 0.2) is 0 Å². The summed E-state index contributed by atoms with van der Waals surface area (Å²) in [7, 11) is 0. The van der Waals surface area contributed by atoms with Gasteiger partial charge in [0.1, 0.15) is 0 Å². The maximum absolute atomic E-state index is 6.68. The normalized spacial score (nSPS) is 39.7. The van der Waals surface area contributed by atoms with Crippen molar-refractivity contribution in [1.29, 1.82) is 0 Å². The molecule has 3 saturated carbocycles. The smallest absolute Gasteiger partial charge is 0.0665 e. The molecule has 0 heterocycles. The highest BCUT2D eigenvalue weighted by atomic mass is 16.5. The summed E-state index contributed by atoms with van der Waals surface area (Å²) in [5.74, 6) is 0.874. The third-order valence-corrected chi connectivity index (χ3v) is 6.51. The Kier molecular flexibility index (Phi) is 5.27. The molecule has 1 spiro atoms. The van der Waals surface area contributed by atoms with E-state index in [1.165, 1.54) is 70.6 Å². The molecule has 0 aromatic carbocycles. The van der Waals surface area contributed by atoms with Gasteiger partial charge in [-0.2, -0.15) is 0 Å². The van der Waals surface area contributed by atoms with Gasteiger partial charge in [-0.1, -0.05) is 52.4 Å². The summed E-state index contributed by atoms with van der Waals surface area (Å²) in [5, 5.41) is 3.77. The predicted octanol–water partition coefficient (Wildman–Crippen LogP) is 4.67. The molecule has 0 aliphatic heterocycles. The second-order valence-electron chi connectivity index (χ2n) is 8.01. The molecule has 0 aromatic heterocycles. The summed E-state index contributed by atoms with van der Waals surface area (Å²) in [6, 6.07) is 0.728. The Morgan fingerprint density at radius 2 is 1.76 bits per heavy atom. The van der Waals surface area contributed by atoms with E-state index in [9.17, 15) is 0 Å². The summed E-state index contributed by atoms with van der Waals surface area (Å²) in [6.45, 7) is 5.76. The largest absolute Gasteiger partial charge is 0.374 e. The quantitative estimate of drug-likeness (QED) is 0.813. The van der Waals surface area contributed by atoms with Crippen LogP contribution in [0.5, 0.6) is 0 Å². The molecule has 21 heavy (non-hydrogen) atoms. The highest BCUT2D eigenvalue weighted by Gasteiger charge is 2.55. The van der Waals surface area contributed by atoms with E-state index in [2.05, 4.69) is 19.2 Å². The number of nitrogens with one attached hydrogen (secondary N) is 1. The second-order valence-corrected chi connectivity index (χ2v) is 8.01. The average Bonchev–Trinajstić information content (AvgIpc) is 2.74. The van der Waals surface area contributed by atoms with Gasteiger partial charge in [-0.25, -0.2) is 0 Å². The van der Waals surface area contributed by atoms with Crippen LogP contribution in [-0.2, 0) is 4.74 Å². The van der Waals surface area contributed by atoms with Crippen molar-refractivity contribution in [1.82, 2.24) is 5.32 Å². The van der Waals surface area contributed by atoms with Crippen molar-refractivity contribution < 1.29 is 4.74 Å². The van der Waals surface area contributed by atoms with Gasteiger partial charge in [0.2, 0.25) is 0 Å². The van der Waals surface area contributed by atoms with E-state index in [1.807, 2.05) is 0 Å². The van der Waals surface area contributed by atoms with Crippen molar-refractivity contribution in [3.8, 4) is 0 Å². The Bertz CT molecular complexity index is 322. The molecule has 0 saturated heterocycles. The van der Waals surface area contributed by atoms with E-state index >= 15 is 0 Å². The first-order valence-electron chi connectivity index (χ1n) is 9.63. The van der Waals surface area contributed by atoms with E-state index in [4.69, 9.17) is 4.74 Å². The Morgan fingerprint density at radius 1 is 1.00 bits per heavy atom. The van der Waals surface area contributed by atoms with E-state index in [-0.39, 0.29) is 0 Å². The summed E-state index contributed by atoms with van der Waals surface area (Å²) >= 11 is 0. The summed E-state index contributed by atoms with van der Waals surface area (Å²) in [4.78, 5) is 0. The standard InChI is InChI=1S/C19H35NO/c1-3-20-17-14-18(19(17)11-6-4-5-7-12-19)21-16-10-8-9-15(2)13-16/h15-18,20H,3-14H2,1-2H3. The molecule has 0 aromatic rings. The van der Waals surface area contributed by atoms with Gasteiger partial charge in [-0.15, -0.1) is 0 Å². The minimum absolute atomic E-state index is 0.479. The molecule has 3 aliphatic carbocycles. The maximum Gasteiger partial charge on any atom is 0.0665 e. The van der Waals surface area contributed by atoms with E-state index in [0.29, 0.717) is 17.6 Å². The van der Waals surface area contributed by atoms with Crippen molar-refractivity contribution in [3.05, 3.63) is 0 Å². The van der Waals surface area contributed by atoms with Gasteiger partial charge in [-0.3, -0.25) is 0 Å².